The standard InChI is InChI=1S/C8H15NOS/c1-8(2)7(11)9(3)5-4-6-10-8/h4-6H2,1-3H3. The van der Waals surface area contributed by atoms with E-state index in [0.29, 0.717) is 0 Å². The first kappa shape index (κ1) is 8.94. The molecule has 1 aliphatic heterocycles. The van der Waals surface area contributed by atoms with Crippen LogP contribution in [0.15, 0.2) is 0 Å². The highest BCUT2D eigenvalue weighted by Gasteiger charge is 2.29. The molecule has 0 N–H and O–H groups in total. The van der Waals surface area contributed by atoms with E-state index in [0.717, 1.165) is 24.6 Å². The Morgan fingerprint density at radius 1 is 1.55 bits per heavy atom. The van der Waals surface area contributed by atoms with Gasteiger partial charge in [0, 0.05) is 20.2 Å². The van der Waals surface area contributed by atoms with Crippen LogP contribution in [0.1, 0.15) is 20.3 Å². The van der Waals surface area contributed by atoms with Gasteiger partial charge in [0.15, 0.2) is 0 Å². The van der Waals surface area contributed by atoms with Crippen LogP contribution in [0.2, 0.25) is 0 Å². The molecule has 1 aliphatic rings. The lowest BCUT2D eigenvalue weighted by atomic mass is 10.1. The maximum Gasteiger partial charge on any atom is 0.112 e. The molecule has 1 saturated heterocycles. The molecular formula is C8H15NOS. The molecular weight excluding hydrogens is 158 g/mol. The van der Waals surface area contributed by atoms with Gasteiger partial charge < -0.3 is 9.64 Å². The van der Waals surface area contributed by atoms with Crippen LogP contribution >= 0.6 is 12.2 Å². The van der Waals surface area contributed by atoms with Gasteiger partial charge in [0.25, 0.3) is 0 Å². The molecule has 11 heavy (non-hydrogen) atoms. The Labute approximate surface area is 73.5 Å². The average Bonchev–Trinajstić information content (AvgIpc) is 2.03. The zero-order valence-corrected chi connectivity index (χ0v) is 8.20. The summed E-state index contributed by atoms with van der Waals surface area (Å²) in [6.07, 6.45) is 1.07. The summed E-state index contributed by atoms with van der Waals surface area (Å²) in [6.45, 7) is 5.88. The van der Waals surface area contributed by atoms with Gasteiger partial charge in [-0.3, -0.25) is 0 Å². The zero-order valence-electron chi connectivity index (χ0n) is 7.39. The first-order chi connectivity index (χ1) is 5.04. The molecule has 0 amide bonds. The maximum atomic E-state index is 5.59. The quantitative estimate of drug-likeness (QED) is 0.514. The van der Waals surface area contributed by atoms with Gasteiger partial charge in [0.05, 0.1) is 0 Å². The van der Waals surface area contributed by atoms with E-state index in [1.807, 2.05) is 20.9 Å². The molecule has 1 rings (SSSR count). The number of ether oxygens (including phenoxy) is 1. The van der Waals surface area contributed by atoms with Crippen molar-refractivity contribution in [2.24, 2.45) is 0 Å². The number of hydrogen-bond donors (Lipinski definition) is 0. The van der Waals surface area contributed by atoms with Gasteiger partial charge in [-0.2, -0.15) is 0 Å². The van der Waals surface area contributed by atoms with Gasteiger partial charge >= 0.3 is 0 Å². The fraction of sp³-hybridized carbons (Fsp3) is 0.875. The van der Waals surface area contributed by atoms with Crippen LogP contribution in [0.25, 0.3) is 0 Å². The first-order valence-corrected chi connectivity index (χ1v) is 4.34. The van der Waals surface area contributed by atoms with Crippen molar-refractivity contribution < 1.29 is 4.74 Å². The van der Waals surface area contributed by atoms with Gasteiger partial charge in [-0.15, -0.1) is 0 Å². The summed E-state index contributed by atoms with van der Waals surface area (Å²) >= 11 is 5.25. The summed E-state index contributed by atoms with van der Waals surface area (Å²) in [7, 11) is 2.03. The van der Waals surface area contributed by atoms with E-state index in [-0.39, 0.29) is 5.60 Å². The summed E-state index contributed by atoms with van der Waals surface area (Å²) in [4.78, 5) is 3.01. The second-order valence-corrected chi connectivity index (χ2v) is 3.83. The van der Waals surface area contributed by atoms with Crippen molar-refractivity contribution in [1.29, 1.82) is 0 Å². The number of rotatable bonds is 0. The molecule has 0 radical (unpaired) electrons. The molecule has 0 unspecified atom stereocenters. The van der Waals surface area contributed by atoms with Crippen LogP contribution in [0.5, 0.6) is 0 Å². The van der Waals surface area contributed by atoms with Crippen LogP contribution < -0.4 is 0 Å². The molecule has 0 aliphatic carbocycles. The summed E-state index contributed by atoms with van der Waals surface area (Å²) in [5.41, 5.74) is -0.249. The normalized spacial score (nSPS) is 25.0. The molecule has 3 heteroatoms. The van der Waals surface area contributed by atoms with Crippen LogP contribution in [0.4, 0.5) is 0 Å². The van der Waals surface area contributed by atoms with Crippen LogP contribution in [0, 0.1) is 0 Å². The monoisotopic (exact) mass is 173 g/mol. The number of nitrogens with zero attached hydrogens (tertiary/aromatic N) is 1. The van der Waals surface area contributed by atoms with Gasteiger partial charge in [-0.05, 0) is 20.3 Å². The molecule has 0 aromatic rings. The number of hydrogen-bond acceptors (Lipinski definition) is 2. The fourth-order valence-electron chi connectivity index (χ4n) is 1.25. The van der Waals surface area contributed by atoms with E-state index in [9.17, 15) is 0 Å². The van der Waals surface area contributed by atoms with E-state index >= 15 is 0 Å². The van der Waals surface area contributed by atoms with Gasteiger partial charge in [-0.1, -0.05) is 12.2 Å². The second-order valence-electron chi connectivity index (χ2n) is 3.44. The minimum Gasteiger partial charge on any atom is -0.368 e. The molecule has 0 aromatic heterocycles. The summed E-state index contributed by atoms with van der Waals surface area (Å²) in [5, 5.41) is 0. The Balaban J connectivity index is 2.73. The van der Waals surface area contributed by atoms with Crippen molar-refractivity contribution in [3.63, 3.8) is 0 Å². The third kappa shape index (κ3) is 1.91. The largest absolute Gasteiger partial charge is 0.368 e. The molecule has 0 saturated carbocycles. The van der Waals surface area contributed by atoms with Crippen molar-refractivity contribution in [2.45, 2.75) is 25.9 Å². The van der Waals surface area contributed by atoms with E-state index in [1.165, 1.54) is 0 Å². The Morgan fingerprint density at radius 2 is 2.18 bits per heavy atom. The van der Waals surface area contributed by atoms with Gasteiger partial charge in [-0.25, -0.2) is 0 Å². The summed E-state index contributed by atoms with van der Waals surface area (Å²) in [6, 6.07) is 0. The zero-order chi connectivity index (χ0) is 8.48. The Kier molecular flexibility index (Phi) is 2.50. The predicted octanol–water partition coefficient (Wildman–Crippen LogP) is 1.44. The van der Waals surface area contributed by atoms with E-state index in [2.05, 4.69) is 4.90 Å². The number of likely N-dealkylation sites (N-methyl/N-ethyl adjacent to an activating group) is 1. The van der Waals surface area contributed by atoms with Crippen molar-refractivity contribution >= 4 is 17.2 Å². The maximum absolute atomic E-state index is 5.59. The molecule has 64 valence electrons. The van der Waals surface area contributed by atoms with Crippen LogP contribution in [-0.2, 0) is 4.74 Å². The Bertz CT molecular complexity index is 167. The molecule has 0 atom stereocenters. The minimum atomic E-state index is -0.249. The molecule has 0 spiro atoms. The van der Waals surface area contributed by atoms with Gasteiger partial charge in [0.2, 0.25) is 0 Å². The average molecular weight is 173 g/mol. The number of thiocarbonyl (C=S) groups is 1. The SMILES string of the molecule is CN1CCCOC(C)(C)C1=S. The third-order valence-corrected chi connectivity index (χ3v) is 2.77. The van der Waals surface area contributed by atoms with E-state index in [1.54, 1.807) is 0 Å². The molecule has 0 bridgehead atoms. The van der Waals surface area contributed by atoms with E-state index in [4.69, 9.17) is 17.0 Å². The van der Waals surface area contributed by atoms with Crippen LogP contribution in [0.3, 0.4) is 0 Å². The summed E-state index contributed by atoms with van der Waals surface area (Å²) in [5.74, 6) is 0. The topological polar surface area (TPSA) is 12.5 Å². The molecule has 2 nitrogen and oxygen atoms in total. The van der Waals surface area contributed by atoms with Crippen molar-refractivity contribution in [2.75, 3.05) is 20.2 Å². The highest BCUT2D eigenvalue weighted by atomic mass is 32.1. The van der Waals surface area contributed by atoms with Crippen molar-refractivity contribution in [3.8, 4) is 0 Å². The van der Waals surface area contributed by atoms with Crippen LogP contribution in [-0.4, -0.2) is 35.7 Å². The molecule has 0 aromatic carbocycles. The first-order valence-electron chi connectivity index (χ1n) is 3.93. The smallest absolute Gasteiger partial charge is 0.112 e. The lowest BCUT2D eigenvalue weighted by molar-refractivity contribution is 0.0400. The minimum absolute atomic E-state index is 0.249. The molecule has 1 heterocycles. The highest BCUT2D eigenvalue weighted by Crippen LogP contribution is 2.18. The third-order valence-electron chi connectivity index (χ3n) is 1.96. The van der Waals surface area contributed by atoms with E-state index < -0.39 is 0 Å². The predicted molar refractivity (Wildman–Crippen MR) is 49.9 cm³/mol. The highest BCUT2D eigenvalue weighted by molar-refractivity contribution is 7.80. The van der Waals surface area contributed by atoms with Gasteiger partial charge in [0.1, 0.15) is 10.6 Å². The van der Waals surface area contributed by atoms with Crippen molar-refractivity contribution in [3.05, 3.63) is 0 Å². The second kappa shape index (κ2) is 3.07. The van der Waals surface area contributed by atoms with Crippen molar-refractivity contribution in [1.82, 2.24) is 4.90 Å². The Hall–Kier alpha value is -0.150. The lowest BCUT2D eigenvalue weighted by Gasteiger charge is -2.28. The lowest BCUT2D eigenvalue weighted by Crippen LogP contribution is -2.41. The molecule has 1 fully saturated rings. The Morgan fingerprint density at radius 3 is 2.82 bits per heavy atom. The fourth-order valence-corrected chi connectivity index (χ4v) is 1.40. The summed E-state index contributed by atoms with van der Waals surface area (Å²) < 4.78 is 5.59.